The van der Waals surface area contributed by atoms with Gasteiger partial charge in [0.2, 0.25) is 5.82 Å². The van der Waals surface area contributed by atoms with Crippen LogP contribution < -0.4 is 4.90 Å². The molecule has 2 saturated heterocycles. The summed E-state index contributed by atoms with van der Waals surface area (Å²) in [5.41, 5.74) is 0.342. The van der Waals surface area contributed by atoms with Crippen molar-refractivity contribution in [2.24, 2.45) is 0 Å². The van der Waals surface area contributed by atoms with Gasteiger partial charge in [-0.25, -0.2) is 13.5 Å². The molecule has 3 aromatic rings. The zero-order valence-electron chi connectivity index (χ0n) is 15.5. The SMILES string of the molecule is O=S(c1ccccc1)N1CC2CC1CN2c1ccc(-c2noc(C(F)(F)F)n2)cn1. The van der Waals surface area contributed by atoms with Gasteiger partial charge in [-0.1, -0.05) is 23.4 Å². The molecule has 0 saturated carbocycles. The van der Waals surface area contributed by atoms with Crippen LogP contribution in [-0.2, 0) is 17.2 Å². The minimum Gasteiger partial charge on any atom is -0.351 e. The number of anilines is 1. The van der Waals surface area contributed by atoms with E-state index in [4.69, 9.17) is 0 Å². The Morgan fingerprint density at radius 3 is 2.47 bits per heavy atom. The molecule has 3 unspecified atom stereocenters. The number of hydrogen-bond donors (Lipinski definition) is 0. The molecule has 0 amide bonds. The van der Waals surface area contributed by atoms with Gasteiger partial charge in [0.25, 0.3) is 0 Å². The summed E-state index contributed by atoms with van der Waals surface area (Å²) in [6, 6.07) is 13.1. The lowest BCUT2D eigenvalue weighted by atomic mass is 10.2. The van der Waals surface area contributed by atoms with Gasteiger partial charge in [-0.15, -0.1) is 0 Å². The van der Waals surface area contributed by atoms with Gasteiger partial charge >= 0.3 is 12.1 Å². The quantitative estimate of drug-likeness (QED) is 0.627. The molecule has 156 valence electrons. The molecule has 11 heteroatoms. The Bertz CT molecular complexity index is 1070. The second-order valence-electron chi connectivity index (χ2n) is 7.18. The lowest BCUT2D eigenvalue weighted by molar-refractivity contribution is -0.159. The molecule has 0 aliphatic carbocycles. The largest absolute Gasteiger partial charge is 0.471 e. The van der Waals surface area contributed by atoms with Crippen molar-refractivity contribution in [3.05, 3.63) is 54.6 Å². The van der Waals surface area contributed by atoms with Crippen LogP contribution in [0.5, 0.6) is 0 Å². The summed E-state index contributed by atoms with van der Waals surface area (Å²) in [7, 11) is -1.20. The number of aromatic nitrogens is 3. The Morgan fingerprint density at radius 1 is 1.07 bits per heavy atom. The number of piperazine rings is 1. The van der Waals surface area contributed by atoms with Gasteiger partial charge in [0.05, 0.1) is 4.90 Å². The highest BCUT2D eigenvalue weighted by molar-refractivity contribution is 7.82. The predicted molar refractivity (Wildman–Crippen MR) is 102 cm³/mol. The van der Waals surface area contributed by atoms with E-state index in [1.165, 1.54) is 6.20 Å². The topological polar surface area (TPSA) is 75.4 Å². The van der Waals surface area contributed by atoms with Crippen LogP contribution in [0.25, 0.3) is 11.4 Å². The van der Waals surface area contributed by atoms with Crippen LogP contribution in [0.4, 0.5) is 19.0 Å². The number of nitrogens with zero attached hydrogens (tertiary/aromatic N) is 5. The molecule has 0 N–H and O–H groups in total. The zero-order chi connectivity index (χ0) is 20.9. The van der Waals surface area contributed by atoms with Crippen molar-refractivity contribution in [1.82, 2.24) is 19.4 Å². The molecular weight excluding hydrogens is 419 g/mol. The van der Waals surface area contributed by atoms with Crippen LogP contribution in [0.3, 0.4) is 0 Å². The van der Waals surface area contributed by atoms with Crippen molar-refractivity contribution >= 4 is 16.8 Å². The van der Waals surface area contributed by atoms with Crippen molar-refractivity contribution in [3.63, 3.8) is 0 Å². The molecule has 3 atom stereocenters. The average molecular weight is 435 g/mol. The molecule has 4 heterocycles. The van der Waals surface area contributed by atoms with Crippen LogP contribution in [0.15, 0.2) is 58.1 Å². The minimum absolute atomic E-state index is 0.157. The molecule has 0 radical (unpaired) electrons. The summed E-state index contributed by atoms with van der Waals surface area (Å²) in [6.45, 7) is 1.35. The van der Waals surface area contributed by atoms with Gasteiger partial charge < -0.3 is 9.42 Å². The van der Waals surface area contributed by atoms with E-state index < -0.39 is 23.1 Å². The molecule has 2 aliphatic heterocycles. The first-order chi connectivity index (χ1) is 14.4. The third-order valence-corrected chi connectivity index (χ3v) is 6.87. The molecule has 2 bridgehead atoms. The molecule has 2 aromatic heterocycles. The first-order valence-corrected chi connectivity index (χ1v) is 10.4. The lowest BCUT2D eigenvalue weighted by Crippen LogP contribution is -2.47. The third-order valence-electron chi connectivity index (χ3n) is 5.32. The van der Waals surface area contributed by atoms with Crippen molar-refractivity contribution in [1.29, 1.82) is 0 Å². The normalized spacial score (nSPS) is 22.6. The third kappa shape index (κ3) is 3.37. The molecule has 2 aliphatic rings. The van der Waals surface area contributed by atoms with Gasteiger partial charge in [-0.05, 0) is 30.7 Å². The first kappa shape index (κ1) is 19.2. The van der Waals surface area contributed by atoms with Gasteiger partial charge in [-0.2, -0.15) is 18.2 Å². The Labute approximate surface area is 172 Å². The van der Waals surface area contributed by atoms with Crippen molar-refractivity contribution in [2.45, 2.75) is 29.6 Å². The highest BCUT2D eigenvalue weighted by Gasteiger charge is 2.46. The Morgan fingerprint density at radius 2 is 1.87 bits per heavy atom. The maximum absolute atomic E-state index is 12.9. The summed E-state index contributed by atoms with van der Waals surface area (Å²) in [5.74, 6) is -0.824. The second kappa shape index (κ2) is 7.17. The van der Waals surface area contributed by atoms with Gasteiger partial charge in [0.15, 0.2) is 0 Å². The molecule has 1 aromatic carbocycles. The molecule has 7 nitrogen and oxygen atoms in total. The fraction of sp³-hybridized carbons (Fsp3) is 0.316. The van der Waals surface area contributed by atoms with Crippen LogP contribution >= 0.6 is 0 Å². The van der Waals surface area contributed by atoms with Crippen LogP contribution in [0, 0.1) is 0 Å². The Balaban J connectivity index is 1.28. The number of pyridine rings is 1. The van der Waals surface area contributed by atoms with Gasteiger partial charge in [-0.3, -0.25) is 0 Å². The fourth-order valence-corrected chi connectivity index (χ4v) is 5.32. The highest BCUT2D eigenvalue weighted by Crippen LogP contribution is 2.36. The van der Waals surface area contributed by atoms with E-state index in [-0.39, 0.29) is 17.9 Å². The number of benzene rings is 1. The number of alkyl halides is 3. The molecule has 30 heavy (non-hydrogen) atoms. The zero-order valence-corrected chi connectivity index (χ0v) is 16.3. The van der Waals surface area contributed by atoms with Crippen LogP contribution in [0.2, 0.25) is 0 Å². The van der Waals surface area contributed by atoms with E-state index in [0.717, 1.165) is 17.1 Å². The molecule has 2 fully saturated rings. The molecular formula is C19H16F3N5O2S. The number of fused-ring (bicyclic) bond motifs is 2. The van der Waals surface area contributed by atoms with E-state index in [0.29, 0.717) is 18.7 Å². The standard InChI is InChI=1S/C19H16F3N5O2S/c20-19(21,22)18-24-17(25-29-18)12-6-7-16(23-9-12)26-10-14-8-13(26)11-27(14)30(28)15-4-2-1-3-5-15/h1-7,9,13-14H,8,10-11H2. The summed E-state index contributed by atoms with van der Waals surface area (Å²) in [5, 5.41) is 3.38. The maximum atomic E-state index is 12.9. The number of halogens is 3. The summed E-state index contributed by atoms with van der Waals surface area (Å²) in [6.07, 6.45) is -2.35. The average Bonchev–Trinajstić information content (AvgIpc) is 3.49. The van der Waals surface area contributed by atoms with Crippen LogP contribution in [-0.4, -0.2) is 48.8 Å². The summed E-state index contributed by atoms with van der Waals surface area (Å²) < 4.78 is 57.0. The van der Waals surface area contributed by atoms with E-state index in [1.807, 2.05) is 34.6 Å². The second-order valence-corrected chi connectivity index (χ2v) is 8.62. The summed E-state index contributed by atoms with van der Waals surface area (Å²) >= 11 is 0. The minimum atomic E-state index is -4.68. The predicted octanol–water partition coefficient (Wildman–Crippen LogP) is 3.14. The first-order valence-electron chi connectivity index (χ1n) is 9.28. The Hall–Kier alpha value is -2.79. The van der Waals surface area contributed by atoms with E-state index in [2.05, 4.69) is 24.5 Å². The highest BCUT2D eigenvalue weighted by atomic mass is 32.2. The van der Waals surface area contributed by atoms with E-state index in [1.54, 1.807) is 12.1 Å². The molecule has 5 rings (SSSR count). The van der Waals surface area contributed by atoms with Crippen molar-refractivity contribution < 1.29 is 21.9 Å². The van der Waals surface area contributed by atoms with Crippen molar-refractivity contribution in [2.75, 3.05) is 18.0 Å². The van der Waals surface area contributed by atoms with Gasteiger partial charge in [0.1, 0.15) is 16.8 Å². The number of hydrogen-bond acceptors (Lipinski definition) is 6. The van der Waals surface area contributed by atoms with Crippen LogP contribution in [0.1, 0.15) is 12.3 Å². The fourth-order valence-electron chi connectivity index (χ4n) is 3.93. The maximum Gasteiger partial charge on any atom is 0.471 e. The van der Waals surface area contributed by atoms with E-state index >= 15 is 0 Å². The smallest absolute Gasteiger partial charge is 0.351 e. The number of rotatable bonds is 4. The van der Waals surface area contributed by atoms with Gasteiger partial charge in [0, 0.05) is 36.9 Å². The van der Waals surface area contributed by atoms with Crippen molar-refractivity contribution in [3.8, 4) is 11.4 Å². The molecule has 0 spiro atoms. The monoisotopic (exact) mass is 435 g/mol. The Kier molecular flexibility index (Phi) is 4.58. The summed E-state index contributed by atoms with van der Waals surface area (Å²) in [4.78, 5) is 10.7. The lowest BCUT2D eigenvalue weighted by Gasteiger charge is -2.34. The van der Waals surface area contributed by atoms with E-state index in [9.17, 15) is 17.4 Å².